The lowest BCUT2D eigenvalue weighted by molar-refractivity contribution is 0.488. The third kappa shape index (κ3) is 3.19. The summed E-state index contributed by atoms with van der Waals surface area (Å²) >= 11 is 0. The Morgan fingerprint density at radius 1 is 1.00 bits per heavy atom. The molecule has 0 atom stereocenters. The van der Waals surface area contributed by atoms with Crippen molar-refractivity contribution in [3.05, 3.63) is 65.9 Å². The monoisotopic (exact) mass is 327 g/mol. The zero-order valence-corrected chi connectivity index (χ0v) is 13.8. The largest absolute Gasteiger partial charge is 0.377 e. The zero-order chi connectivity index (χ0) is 16.4. The Balaban J connectivity index is 2.01. The van der Waals surface area contributed by atoms with E-state index in [0.717, 1.165) is 23.1 Å². The lowest BCUT2D eigenvalue weighted by atomic mass is 10.2. The second-order valence-electron chi connectivity index (χ2n) is 5.32. The van der Waals surface area contributed by atoms with Crippen LogP contribution in [0, 0.1) is 6.92 Å². The van der Waals surface area contributed by atoms with Crippen LogP contribution in [0.2, 0.25) is 0 Å². The highest BCUT2D eigenvalue weighted by molar-refractivity contribution is 7.87. The maximum Gasteiger partial charge on any atom is 0.339 e. The predicted molar refractivity (Wildman–Crippen MR) is 90.1 cm³/mol. The molecule has 0 bridgehead atoms. The maximum absolute atomic E-state index is 12.5. The summed E-state index contributed by atoms with van der Waals surface area (Å²) in [5.74, 6) is 0.241. The van der Waals surface area contributed by atoms with Crippen molar-refractivity contribution >= 4 is 21.0 Å². The first-order chi connectivity index (χ1) is 11.0. The van der Waals surface area contributed by atoms with Crippen LogP contribution in [0.3, 0.4) is 0 Å². The number of nitrogens with zero attached hydrogens (tertiary/aromatic N) is 1. The van der Waals surface area contributed by atoms with Gasteiger partial charge in [-0.05, 0) is 43.2 Å². The molecule has 0 amide bonds. The maximum atomic E-state index is 12.5. The van der Waals surface area contributed by atoms with Gasteiger partial charge in [-0.2, -0.15) is 8.42 Å². The molecule has 2 aromatic carbocycles. The lowest BCUT2D eigenvalue weighted by Crippen LogP contribution is -2.10. The van der Waals surface area contributed by atoms with Crippen molar-refractivity contribution in [2.45, 2.75) is 25.2 Å². The van der Waals surface area contributed by atoms with Gasteiger partial charge >= 0.3 is 10.1 Å². The molecular weight excluding hydrogens is 310 g/mol. The molecule has 0 fully saturated rings. The third-order valence-corrected chi connectivity index (χ3v) is 4.89. The van der Waals surface area contributed by atoms with Crippen LogP contribution in [0.1, 0.15) is 18.2 Å². The second kappa shape index (κ2) is 6.01. The molecule has 5 heteroatoms. The second-order valence-corrected chi connectivity index (χ2v) is 6.86. The first-order valence-corrected chi connectivity index (χ1v) is 8.80. The number of aryl methyl sites for hydroxylation is 2. The van der Waals surface area contributed by atoms with E-state index in [-0.39, 0.29) is 10.6 Å². The molecule has 0 N–H and O–H groups in total. The van der Waals surface area contributed by atoms with E-state index < -0.39 is 10.1 Å². The Hall–Kier alpha value is -2.40. The van der Waals surface area contributed by atoms with Crippen LogP contribution >= 0.6 is 0 Å². The van der Waals surface area contributed by atoms with Gasteiger partial charge in [0.2, 0.25) is 0 Å². The van der Waals surface area contributed by atoms with Gasteiger partial charge in [0.05, 0.1) is 0 Å². The number of benzene rings is 2. The van der Waals surface area contributed by atoms with Gasteiger partial charge in [0.25, 0.3) is 0 Å². The molecule has 0 radical (unpaired) electrons. The molecule has 0 spiro atoms. The Morgan fingerprint density at radius 3 is 2.43 bits per heavy atom. The van der Waals surface area contributed by atoms with Crippen molar-refractivity contribution < 1.29 is 12.6 Å². The van der Waals surface area contributed by atoms with Gasteiger partial charge in [0, 0.05) is 11.1 Å². The van der Waals surface area contributed by atoms with Crippen LogP contribution in [0.4, 0.5) is 0 Å². The van der Waals surface area contributed by atoms with E-state index in [4.69, 9.17) is 4.18 Å². The van der Waals surface area contributed by atoms with Crippen LogP contribution < -0.4 is 4.18 Å². The van der Waals surface area contributed by atoms with Crippen LogP contribution in [-0.4, -0.2) is 13.4 Å². The molecule has 23 heavy (non-hydrogen) atoms. The summed E-state index contributed by atoms with van der Waals surface area (Å²) in [5, 5.41) is 0.838. The normalized spacial score (nSPS) is 11.6. The average molecular weight is 327 g/mol. The van der Waals surface area contributed by atoms with Crippen molar-refractivity contribution in [1.82, 2.24) is 4.98 Å². The predicted octanol–water partition coefficient (Wildman–Crippen LogP) is 3.87. The van der Waals surface area contributed by atoms with Gasteiger partial charge in [0.1, 0.15) is 10.4 Å². The number of rotatable bonds is 4. The van der Waals surface area contributed by atoms with Crippen LogP contribution in [-0.2, 0) is 16.5 Å². The van der Waals surface area contributed by atoms with Gasteiger partial charge < -0.3 is 4.18 Å². The summed E-state index contributed by atoms with van der Waals surface area (Å²) in [6.45, 7) is 3.87. The van der Waals surface area contributed by atoms with Gasteiger partial charge in [-0.25, -0.2) is 4.98 Å². The Labute approximate surface area is 135 Å². The van der Waals surface area contributed by atoms with Crippen LogP contribution in [0.5, 0.6) is 5.75 Å². The van der Waals surface area contributed by atoms with E-state index in [0.29, 0.717) is 5.52 Å². The quantitative estimate of drug-likeness (QED) is 0.683. The average Bonchev–Trinajstić information content (AvgIpc) is 2.55. The fraction of sp³-hybridized carbons (Fsp3) is 0.167. The minimum absolute atomic E-state index is 0.138. The van der Waals surface area contributed by atoms with Gasteiger partial charge in [-0.15, -0.1) is 0 Å². The van der Waals surface area contributed by atoms with E-state index in [2.05, 4.69) is 4.98 Å². The highest BCUT2D eigenvalue weighted by Gasteiger charge is 2.18. The van der Waals surface area contributed by atoms with E-state index in [9.17, 15) is 8.42 Å². The topological polar surface area (TPSA) is 56.3 Å². The minimum atomic E-state index is -3.88. The smallest absolute Gasteiger partial charge is 0.339 e. The molecule has 118 valence electrons. The van der Waals surface area contributed by atoms with E-state index in [1.165, 1.54) is 0 Å². The lowest BCUT2D eigenvalue weighted by Gasteiger charge is -2.10. The number of pyridine rings is 1. The molecule has 0 aliphatic carbocycles. The molecule has 0 saturated carbocycles. The first-order valence-electron chi connectivity index (χ1n) is 7.39. The molecule has 0 aliphatic heterocycles. The number of hydrogen-bond acceptors (Lipinski definition) is 4. The summed E-state index contributed by atoms with van der Waals surface area (Å²) in [6, 6.07) is 15.7. The fourth-order valence-corrected chi connectivity index (χ4v) is 3.28. The Bertz CT molecular complexity index is 948. The SMILES string of the molecule is CCc1ccc(S(=O)(=O)Oc2cccc3ccc(C)nc23)cc1. The molecule has 3 aromatic rings. The van der Waals surface area contributed by atoms with Crippen LogP contribution in [0.15, 0.2) is 59.5 Å². The summed E-state index contributed by atoms with van der Waals surface area (Å²) in [5.41, 5.74) is 2.42. The molecule has 3 rings (SSSR count). The third-order valence-electron chi connectivity index (χ3n) is 3.64. The number of fused-ring (bicyclic) bond motifs is 1. The fourth-order valence-electron chi connectivity index (χ4n) is 2.34. The van der Waals surface area contributed by atoms with E-state index >= 15 is 0 Å². The van der Waals surface area contributed by atoms with Crippen molar-refractivity contribution in [2.24, 2.45) is 0 Å². The molecule has 1 aromatic heterocycles. The van der Waals surface area contributed by atoms with E-state index in [1.807, 2.05) is 32.0 Å². The standard InChI is InChI=1S/C18H17NO3S/c1-3-14-8-11-16(12-9-14)23(20,21)22-17-6-4-5-15-10-7-13(2)19-18(15)17/h4-12H,3H2,1-2H3. The Kier molecular flexibility index (Phi) is 4.05. The molecule has 0 saturated heterocycles. The molecular formula is C18H17NO3S. The summed E-state index contributed by atoms with van der Waals surface area (Å²) in [4.78, 5) is 4.53. The van der Waals surface area contributed by atoms with Gasteiger partial charge in [0.15, 0.2) is 5.75 Å². The van der Waals surface area contributed by atoms with Gasteiger partial charge in [-0.3, -0.25) is 0 Å². The van der Waals surface area contributed by atoms with Gasteiger partial charge in [-0.1, -0.05) is 37.3 Å². The summed E-state index contributed by atoms with van der Waals surface area (Å²) in [7, 11) is -3.88. The highest BCUT2D eigenvalue weighted by atomic mass is 32.2. The summed E-state index contributed by atoms with van der Waals surface area (Å²) in [6.07, 6.45) is 0.855. The number of para-hydroxylation sites is 1. The molecule has 0 unspecified atom stereocenters. The number of hydrogen-bond donors (Lipinski definition) is 0. The molecule has 1 heterocycles. The Morgan fingerprint density at radius 2 is 1.74 bits per heavy atom. The number of aromatic nitrogens is 1. The molecule has 0 aliphatic rings. The summed E-state index contributed by atoms with van der Waals surface area (Å²) < 4.78 is 30.3. The van der Waals surface area contributed by atoms with Crippen molar-refractivity contribution in [3.8, 4) is 5.75 Å². The van der Waals surface area contributed by atoms with E-state index in [1.54, 1.807) is 36.4 Å². The van der Waals surface area contributed by atoms with Crippen molar-refractivity contribution in [1.29, 1.82) is 0 Å². The van der Waals surface area contributed by atoms with Crippen LogP contribution in [0.25, 0.3) is 10.9 Å². The van der Waals surface area contributed by atoms with Crippen molar-refractivity contribution in [2.75, 3.05) is 0 Å². The zero-order valence-electron chi connectivity index (χ0n) is 13.0. The highest BCUT2D eigenvalue weighted by Crippen LogP contribution is 2.27. The molecule has 4 nitrogen and oxygen atoms in total. The minimum Gasteiger partial charge on any atom is -0.377 e. The van der Waals surface area contributed by atoms with Crippen molar-refractivity contribution in [3.63, 3.8) is 0 Å². The first kappa shape index (κ1) is 15.5.